The molecule has 0 saturated carbocycles. The molecule has 0 radical (unpaired) electrons. The molecule has 1 aromatic heterocycles. The molecule has 2 aromatic rings. The number of hydrogen-bond acceptors (Lipinski definition) is 4. The van der Waals surface area contributed by atoms with Gasteiger partial charge in [-0.05, 0) is 50.1 Å². The first-order valence-corrected chi connectivity index (χ1v) is 6.23. The van der Waals surface area contributed by atoms with E-state index in [2.05, 4.69) is 17.2 Å². The molecule has 4 N–H and O–H groups in total. The van der Waals surface area contributed by atoms with Gasteiger partial charge in [-0.3, -0.25) is 0 Å². The summed E-state index contributed by atoms with van der Waals surface area (Å²) in [5, 5.41) is 13.2. The van der Waals surface area contributed by atoms with Gasteiger partial charge < -0.3 is 16.2 Å². The minimum atomic E-state index is 0.233. The molecule has 4 nitrogen and oxygen atoms in total. The average molecular weight is 245 g/mol. The van der Waals surface area contributed by atoms with Gasteiger partial charge in [0.05, 0.1) is 5.52 Å². The maximum Gasteiger partial charge on any atom is 0.126 e. The van der Waals surface area contributed by atoms with Crippen LogP contribution in [0.3, 0.4) is 0 Å². The van der Waals surface area contributed by atoms with Gasteiger partial charge in [0, 0.05) is 23.7 Å². The molecular weight excluding hydrogens is 226 g/mol. The van der Waals surface area contributed by atoms with Crippen molar-refractivity contribution in [1.82, 2.24) is 4.98 Å². The van der Waals surface area contributed by atoms with E-state index in [4.69, 9.17) is 10.8 Å². The molecule has 1 unspecified atom stereocenters. The minimum Gasteiger partial charge on any atom is -0.399 e. The zero-order valence-electron chi connectivity index (χ0n) is 10.6. The van der Waals surface area contributed by atoms with Crippen molar-refractivity contribution < 1.29 is 5.11 Å². The van der Waals surface area contributed by atoms with Gasteiger partial charge in [-0.1, -0.05) is 0 Å². The second kappa shape index (κ2) is 5.69. The molecule has 1 atom stereocenters. The standard InChI is InChI=1S/C14H19N3O/c1-10(3-2-8-18)16-14-7-4-11-9-12(15)5-6-13(11)17-14/h4-7,9-10,18H,2-3,8,15H2,1H3,(H,16,17). The summed E-state index contributed by atoms with van der Waals surface area (Å²) in [5.41, 5.74) is 7.42. The summed E-state index contributed by atoms with van der Waals surface area (Å²) in [7, 11) is 0. The molecule has 0 aliphatic carbocycles. The van der Waals surface area contributed by atoms with Gasteiger partial charge in [0.1, 0.15) is 5.82 Å². The summed E-state index contributed by atoms with van der Waals surface area (Å²) in [5.74, 6) is 0.859. The Bertz CT molecular complexity index is 527. The topological polar surface area (TPSA) is 71.2 Å². The molecule has 0 saturated heterocycles. The third-order valence-corrected chi connectivity index (χ3v) is 2.90. The zero-order chi connectivity index (χ0) is 13.0. The Morgan fingerprint density at radius 3 is 2.94 bits per heavy atom. The number of nitrogen functional groups attached to an aromatic ring is 1. The molecule has 96 valence electrons. The molecule has 0 aliphatic rings. The number of fused-ring (bicyclic) bond motifs is 1. The summed E-state index contributed by atoms with van der Waals surface area (Å²) in [6.45, 7) is 2.32. The lowest BCUT2D eigenvalue weighted by molar-refractivity contribution is 0.282. The van der Waals surface area contributed by atoms with E-state index in [9.17, 15) is 0 Å². The molecule has 0 fully saturated rings. The smallest absolute Gasteiger partial charge is 0.126 e. The van der Waals surface area contributed by atoms with Crippen molar-refractivity contribution in [3.05, 3.63) is 30.3 Å². The molecule has 1 aromatic carbocycles. The Morgan fingerprint density at radius 2 is 2.17 bits per heavy atom. The van der Waals surface area contributed by atoms with Crippen LogP contribution in [0.1, 0.15) is 19.8 Å². The predicted octanol–water partition coefficient (Wildman–Crippen LogP) is 2.39. The molecular formula is C14H19N3O. The number of pyridine rings is 1. The Hall–Kier alpha value is -1.81. The van der Waals surface area contributed by atoms with Gasteiger partial charge in [0.15, 0.2) is 0 Å². The van der Waals surface area contributed by atoms with E-state index in [1.54, 1.807) is 0 Å². The number of aromatic nitrogens is 1. The highest BCUT2D eigenvalue weighted by atomic mass is 16.2. The zero-order valence-corrected chi connectivity index (χ0v) is 10.6. The summed E-state index contributed by atoms with van der Waals surface area (Å²) in [6, 6.07) is 9.97. The van der Waals surface area contributed by atoms with Crippen molar-refractivity contribution in [3.8, 4) is 0 Å². The van der Waals surface area contributed by atoms with Crippen LogP contribution in [0.2, 0.25) is 0 Å². The maximum absolute atomic E-state index is 8.79. The van der Waals surface area contributed by atoms with Gasteiger partial charge in [-0.2, -0.15) is 0 Å². The van der Waals surface area contributed by atoms with E-state index in [0.29, 0.717) is 6.04 Å². The summed E-state index contributed by atoms with van der Waals surface area (Å²) in [6.07, 6.45) is 1.73. The quantitative estimate of drug-likeness (QED) is 0.707. The summed E-state index contributed by atoms with van der Waals surface area (Å²) >= 11 is 0. The lowest BCUT2D eigenvalue weighted by Crippen LogP contribution is -2.16. The molecule has 1 heterocycles. The molecule has 4 heteroatoms. The molecule has 0 aliphatic heterocycles. The van der Waals surface area contributed by atoms with Crippen LogP contribution in [0.25, 0.3) is 10.9 Å². The lowest BCUT2D eigenvalue weighted by atomic mass is 10.1. The van der Waals surface area contributed by atoms with E-state index in [0.717, 1.165) is 35.2 Å². The fourth-order valence-electron chi connectivity index (χ4n) is 1.95. The number of aliphatic hydroxyl groups excluding tert-OH is 1. The van der Waals surface area contributed by atoms with Crippen molar-refractivity contribution in [2.75, 3.05) is 17.7 Å². The van der Waals surface area contributed by atoms with Crippen LogP contribution in [0.15, 0.2) is 30.3 Å². The third kappa shape index (κ3) is 3.11. The molecule has 0 amide bonds. The van der Waals surface area contributed by atoms with Crippen LogP contribution in [-0.4, -0.2) is 22.7 Å². The number of benzene rings is 1. The van der Waals surface area contributed by atoms with Gasteiger partial charge in [0.25, 0.3) is 0 Å². The van der Waals surface area contributed by atoms with Crippen LogP contribution < -0.4 is 11.1 Å². The second-order valence-corrected chi connectivity index (χ2v) is 4.56. The highest BCUT2D eigenvalue weighted by Crippen LogP contribution is 2.18. The first-order valence-electron chi connectivity index (χ1n) is 6.23. The van der Waals surface area contributed by atoms with Crippen molar-refractivity contribution >= 4 is 22.4 Å². The fourth-order valence-corrected chi connectivity index (χ4v) is 1.95. The first kappa shape index (κ1) is 12.6. The summed E-state index contributed by atoms with van der Waals surface area (Å²) < 4.78 is 0. The highest BCUT2D eigenvalue weighted by molar-refractivity contribution is 5.83. The van der Waals surface area contributed by atoms with E-state index >= 15 is 0 Å². The Labute approximate surface area is 107 Å². The molecule has 0 bridgehead atoms. The van der Waals surface area contributed by atoms with Crippen molar-refractivity contribution in [3.63, 3.8) is 0 Å². The van der Waals surface area contributed by atoms with Gasteiger partial charge in [0.2, 0.25) is 0 Å². The van der Waals surface area contributed by atoms with Crippen LogP contribution in [0.5, 0.6) is 0 Å². The molecule has 2 rings (SSSR count). The number of rotatable bonds is 5. The normalized spacial score (nSPS) is 12.6. The number of anilines is 2. The fraction of sp³-hybridized carbons (Fsp3) is 0.357. The highest BCUT2D eigenvalue weighted by Gasteiger charge is 2.03. The Morgan fingerprint density at radius 1 is 1.33 bits per heavy atom. The first-order chi connectivity index (χ1) is 8.69. The average Bonchev–Trinajstić information content (AvgIpc) is 2.36. The number of nitrogens with one attached hydrogen (secondary N) is 1. The van der Waals surface area contributed by atoms with Gasteiger partial charge in [-0.15, -0.1) is 0 Å². The van der Waals surface area contributed by atoms with Crippen LogP contribution >= 0.6 is 0 Å². The van der Waals surface area contributed by atoms with Crippen LogP contribution in [0.4, 0.5) is 11.5 Å². The van der Waals surface area contributed by atoms with Gasteiger partial charge in [-0.25, -0.2) is 4.98 Å². The Kier molecular flexibility index (Phi) is 3.99. The predicted molar refractivity (Wildman–Crippen MR) is 75.6 cm³/mol. The third-order valence-electron chi connectivity index (χ3n) is 2.90. The van der Waals surface area contributed by atoms with Crippen LogP contribution in [0, 0.1) is 0 Å². The van der Waals surface area contributed by atoms with Crippen molar-refractivity contribution in [1.29, 1.82) is 0 Å². The van der Waals surface area contributed by atoms with E-state index in [1.807, 2.05) is 30.3 Å². The van der Waals surface area contributed by atoms with Crippen LogP contribution in [-0.2, 0) is 0 Å². The Balaban J connectivity index is 2.12. The number of aliphatic hydroxyl groups is 1. The largest absolute Gasteiger partial charge is 0.399 e. The van der Waals surface area contributed by atoms with Gasteiger partial charge >= 0.3 is 0 Å². The lowest BCUT2D eigenvalue weighted by Gasteiger charge is -2.14. The summed E-state index contributed by atoms with van der Waals surface area (Å²) in [4.78, 5) is 4.54. The van der Waals surface area contributed by atoms with E-state index in [-0.39, 0.29) is 6.61 Å². The van der Waals surface area contributed by atoms with Crippen molar-refractivity contribution in [2.24, 2.45) is 0 Å². The maximum atomic E-state index is 8.79. The van der Waals surface area contributed by atoms with E-state index < -0.39 is 0 Å². The molecule has 0 spiro atoms. The monoisotopic (exact) mass is 245 g/mol. The SMILES string of the molecule is CC(CCCO)Nc1ccc2cc(N)ccc2n1. The number of nitrogens with two attached hydrogens (primary N) is 1. The van der Waals surface area contributed by atoms with E-state index in [1.165, 1.54) is 0 Å². The number of nitrogens with zero attached hydrogens (tertiary/aromatic N) is 1. The second-order valence-electron chi connectivity index (χ2n) is 4.56. The molecule has 18 heavy (non-hydrogen) atoms. The minimum absolute atomic E-state index is 0.233. The van der Waals surface area contributed by atoms with Crippen molar-refractivity contribution in [2.45, 2.75) is 25.8 Å². The number of hydrogen-bond donors (Lipinski definition) is 3.